The molecule has 0 N–H and O–H groups in total. The van der Waals surface area contributed by atoms with Crippen molar-refractivity contribution in [1.82, 2.24) is 0 Å². The zero-order chi connectivity index (χ0) is 7.28. The normalized spacial score (nSPS) is 7.44. The molecule has 0 atom stereocenters. The number of rotatable bonds is 1. The first-order valence-corrected chi connectivity index (χ1v) is 2.40. The molecule has 9 heavy (non-hydrogen) atoms. The molecule has 0 saturated heterocycles. The van der Waals surface area contributed by atoms with Gasteiger partial charge in [-0.25, -0.2) is 4.84 Å². The van der Waals surface area contributed by atoms with Gasteiger partial charge in [0.25, 0.3) is 0 Å². The van der Waals surface area contributed by atoms with Gasteiger partial charge >= 0.3 is 10.4 Å². The molecule has 0 unspecified atom stereocenters. The van der Waals surface area contributed by atoms with Gasteiger partial charge in [-0.1, -0.05) is 0 Å². The Kier molecular flexibility index (Phi) is 3.15. The average Bonchev–Trinajstić information content (AvgIpc) is 1.63. The first-order chi connectivity index (χ1) is 4.16. The SMILES string of the molecule is N#CSC(=O)O[N+](=O)[O-]. The van der Waals surface area contributed by atoms with Crippen molar-refractivity contribution in [2.75, 3.05) is 0 Å². The van der Waals surface area contributed by atoms with Crippen molar-refractivity contribution in [1.29, 1.82) is 5.26 Å². The van der Waals surface area contributed by atoms with E-state index in [4.69, 9.17) is 5.26 Å². The molecule has 0 spiro atoms. The van der Waals surface area contributed by atoms with Crippen molar-refractivity contribution >= 4 is 17.1 Å². The molecular formula is C2N2O4S. The zero-order valence-electron chi connectivity index (χ0n) is 3.94. The van der Waals surface area contributed by atoms with Crippen molar-refractivity contribution in [3.05, 3.63) is 10.1 Å². The Morgan fingerprint density at radius 3 is 2.78 bits per heavy atom. The van der Waals surface area contributed by atoms with Gasteiger partial charge in [0.2, 0.25) is 0 Å². The predicted octanol–water partition coefficient (Wildman–Crippen LogP) is 0.529. The van der Waals surface area contributed by atoms with Crippen LogP contribution in [0.25, 0.3) is 0 Å². The van der Waals surface area contributed by atoms with Gasteiger partial charge in [0.05, 0.1) is 11.8 Å². The van der Waals surface area contributed by atoms with Gasteiger partial charge in [-0.3, -0.25) is 4.79 Å². The van der Waals surface area contributed by atoms with Crippen LogP contribution >= 0.6 is 11.8 Å². The highest BCUT2D eigenvalue weighted by Crippen LogP contribution is 2.00. The van der Waals surface area contributed by atoms with E-state index in [1.54, 1.807) is 0 Å². The minimum absolute atomic E-state index is 0.0624. The fourth-order valence-corrected chi connectivity index (χ4v) is 0.289. The molecule has 0 aliphatic carbocycles. The van der Waals surface area contributed by atoms with Gasteiger partial charge in [-0.2, -0.15) is 5.26 Å². The van der Waals surface area contributed by atoms with Crippen LogP contribution in [0.5, 0.6) is 0 Å². The summed E-state index contributed by atoms with van der Waals surface area (Å²) >= 11 is 0.0624. The maximum Gasteiger partial charge on any atom is 0.375 e. The van der Waals surface area contributed by atoms with Gasteiger partial charge in [0, 0.05) is 0 Å². The number of nitriles is 1. The summed E-state index contributed by atoms with van der Waals surface area (Å²) in [6.07, 6.45) is 0. The van der Waals surface area contributed by atoms with Crippen LogP contribution in [0.2, 0.25) is 0 Å². The molecule has 0 heterocycles. The third-order valence-electron chi connectivity index (χ3n) is 0.278. The van der Waals surface area contributed by atoms with Crippen LogP contribution in [0.4, 0.5) is 4.79 Å². The predicted molar refractivity (Wildman–Crippen MR) is 26.7 cm³/mol. The summed E-state index contributed by atoms with van der Waals surface area (Å²) in [6.45, 7) is 0. The van der Waals surface area contributed by atoms with Gasteiger partial charge in [0.1, 0.15) is 5.40 Å². The van der Waals surface area contributed by atoms with Crippen molar-refractivity contribution < 1.29 is 14.7 Å². The molecular weight excluding hydrogens is 148 g/mol. The number of thioether (sulfide) groups is 1. The minimum atomic E-state index is -1.27. The largest absolute Gasteiger partial charge is 0.375 e. The molecule has 0 amide bonds. The summed E-state index contributed by atoms with van der Waals surface area (Å²) in [4.78, 5) is 22.6. The fraction of sp³-hybridized carbons (Fsp3) is 0. The maximum atomic E-state index is 9.93. The first kappa shape index (κ1) is 7.71. The molecule has 0 rings (SSSR count). The van der Waals surface area contributed by atoms with Gasteiger partial charge < -0.3 is 0 Å². The Bertz CT molecular complexity index is 172. The highest BCUT2D eigenvalue weighted by atomic mass is 32.2. The van der Waals surface area contributed by atoms with Gasteiger partial charge in [-0.05, 0) is 0 Å². The molecule has 0 radical (unpaired) electrons. The number of hydrogen-bond donors (Lipinski definition) is 0. The summed E-state index contributed by atoms with van der Waals surface area (Å²) in [5, 5.41) is 15.9. The lowest BCUT2D eigenvalue weighted by atomic mass is 11.6. The molecule has 0 aromatic heterocycles. The van der Waals surface area contributed by atoms with Crippen LogP contribution in [-0.4, -0.2) is 10.4 Å². The van der Waals surface area contributed by atoms with E-state index >= 15 is 0 Å². The Hall–Kier alpha value is -1.29. The summed E-state index contributed by atoms with van der Waals surface area (Å²) in [7, 11) is 0. The molecule has 6 nitrogen and oxygen atoms in total. The van der Waals surface area contributed by atoms with E-state index in [1.165, 1.54) is 5.40 Å². The molecule has 0 fully saturated rings. The second-order valence-corrected chi connectivity index (χ2v) is 1.48. The molecule has 0 aromatic carbocycles. The summed E-state index contributed by atoms with van der Waals surface area (Å²) in [5.74, 6) is 0. The summed E-state index contributed by atoms with van der Waals surface area (Å²) in [5.41, 5.74) is 0. The van der Waals surface area contributed by atoms with Crippen molar-refractivity contribution in [3.63, 3.8) is 0 Å². The monoisotopic (exact) mass is 148 g/mol. The van der Waals surface area contributed by atoms with E-state index in [1.807, 2.05) is 0 Å². The van der Waals surface area contributed by atoms with Crippen LogP contribution in [-0.2, 0) is 4.84 Å². The zero-order valence-corrected chi connectivity index (χ0v) is 4.75. The number of carbonyl (C=O) groups excluding carboxylic acids is 1. The van der Waals surface area contributed by atoms with E-state index in [9.17, 15) is 14.9 Å². The Morgan fingerprint density at radius 2 is 2.44 bits per heavy atom. The molecule has 7 heteroatoms. The van der Waals surface area contributed by atoms with Crippen LogP contribution in [0.15, 0.2) is 0 Å². The lowest BCUT2D eigenvalue weighted by Crippen LogP contribution is -2.03. The highest BCUT2D eigenvalue weighted by molar-refractivity contribution is 8.17. The standard InChI is InChI=1S/C2N2O4S/c3-1-9-2(5)8-4(6)7. The third kappa shape index (κ3) is 4.57. The molecule has 0 saturated carbocycles. The average molecular weight is 148 g/mol. The van der Waals surface area contributed by atoms with Crippen LogP contribution in [0, 0.1) is 20.8 Å². The fourth-order valence-electron chi connectivity index (χ4n) is 0.117. The van der Waals surface area contributed by atoms with Gasteiger partial charge in [-0.15, -0.1) is 10.1 Å². The quantitative estimate of drug-likeness (QED) is 0.306. The van der Waals surface area contributed by atoms with E-state index in [-0.39, 0.29) is 11.8 Å². The highest BCUT2D eigenvalue weighted by Gasteiger charge is 2.05. The second-order valence-electron chi connectivity index (χ2n) is 0.758. The van der Waals surface area contributed by atoms with Gasteiger partial charge in [0.15, 0.2) is 0 Å². The number of thiocyanates is 1. The molecule has 0 aliphatic rings. The number of hydrogen-bond acceptors (Lipinski definition) is 6. The lowest BCUT2D eigenvalue weighted by molar-refractivity contribution is -0.724. The van der Waals surface area contributed by atoms with E-state index < -0.39 is 10.4 Å². The maximum absolute atomic E-state index is 9.93. The van der Waals surface area contributed by atoms with Crippen LogP contribution in [0.1, 0.15) is 0 Å². The van der Waals surface area contributed by atoms with Crippen LogP contribution < -0.4 is 0 Å². The third-order valence-corrected chi connectivity index (χ3v) is 0.611. The summed E-state index contributed by atoms with van der Waals surface area (Å²) < 4.78 is 0. The Balaban J connectivity index is 3.54. The Morgan fingerprint density at radius 1 is 1.89 bits per heavy atom. The van der Waals surface area contributed by atoms with E-state index in [0.717, 1.165) is 0 Å². The summed E-state index contributed by atoms with van der Waals surface area (Å²) in [6, 6.07) is 0. The van der Waals surface area contributed by atoms with Crippen molar-refractivity contribution in [3.8, 4) is 5.40 Å². The number of carbonyl (C=O) groups is 1. The molecule has 48 valence electrons. The van der Waals surface area contributed by atoms with E-state index in [2.05, 4.69) is 4.84 Å². The molecule has 0 aromatic rings. The number of nitrogens with zero attached hydrogens (tertiary/aromatic N) is 2. The molecule has 0 aliphatic heterocycles. The van der Waals surface area contributed by atoms with E-state index in [0.29, 0.717) is 0 Å². The topological polar surface area (TPSA) is 93.2 Å². The second kappa shape index (κ2) is 3.68. The van der Waals surface area contributed by atoms with Crippen molar-refractivity contribution in [2.24, 2.45) is 0 Å². The Labute approximate surface area is 53.5 Å². The molecule has 0 bridgehead atoms. The minimum Gasteiger partial charge on any atom is -0.254 e. The van der Waals surface area contributed by atoms with Crippen LogP contribution in [0.3, 0.4) is 0 Å². The lowest BCUT2D eigenvalue weighted by Gasteiger charge is -1.85. The smallest absolute Gasteiger partial charge is 0.254 e. The first-order valence-electron chi connectivity index (χ1n) is 1.59. The van der Waals surface area contributed by atoms with Crippen molar-refractivity contribution in [2.45, 2.75) is 0 Å².